The summed E-state index contributed by atoms with van der Waals surface area (Å²) in [6.07, 6.45) is 0.0857. The fourth-order valence-corrected chi connectivity index (χ4v) is 1.92. The minimum Gasteiger partial charge on any atom is -0.478 e. The van der Waals surface area contributed by atoms with Gasteiger partial charge in [0.1, 0.15) is 0 Å². The number of nitrogens with zero attached hydrogens (tertiary/aromatic N) is 1. The summed E-state index contributed by atoms with van der Waals surface area (Å²) in [7, 11) is 0. The van der Waals surface area contributed by atoms with E-state index < -0.39 is 11.6 Å². The number of amides is 1. The van der Waals surface area contributed by atoms with E-state index >= 15 is 0 Å². The van der Waals surface area contributed by atoms with E-state index in [0.29, 0.717) is 17.0 Å². The summed E-state index contributed by atoms with van der Waals surface area (Å²) in [4.78, 5) is 27.2. The van der Waals surface area contributed by atoms with Crippen LogP contribution in [0.5, 0.6) is 0 Å². The van der Waals surface area contributed by atoms with Gasteiger partial charge in [0.2, 0.25) is 5.91 Å². The smallest absolute Gasteiger partial charge is 0.352 e. The van der Waals surface area contributed by atoms with Gasteiger partial charge in [-0.1, -0.05) is 17.3 Å². The van der Waals surface area contributed by atoms with Crippen molar-refractivity contribution in [2.75, 3.05) is 11.9 Å². The van der Waals surface area contributed by atoms with Gasteiger partial charge in [0.25, 0.3) is 5.60 Å². The highest BCUT2D eigenvalue weighted by Gasteiger charge is 2.46. The Kier molecular flexibility index (Phi) is 3.71. The average molecular weight is 277 g/mol. The third kappa shape index (κ3) is 2.62. The number of hydrogen-bond acceptors (Lipinski definition) is 5. The minimum atomic E-state index is -1.50. The number of carbonyl (C=O) groups is 2. The summed E-state index contributed by atoms with van der Waals surface area (Å²) < 4.78 is 0. The Bertz CT molecular complexity index is 585. The van der Waals surface area contributed by atoms with Crippen molar-refractivity contribution in [3.8, 4) is 0 Å². The highest BCUT2D eigenvalue weighted by Crippen LogP contribution is 2.27. The molecule has 0 aromatic heterocycles. The highest BCUT2D eigenvalue weighted by atomic mass is 16.7. The van der Waals surface area contributed by atoms with Crippen molar-refractivity contribution in [2.24, 2.45) is 10.9 Å². The van der Waals surface area contributed by atoms with Crippen molar-refractivity contribution in [3.63, 3.8) is 0 Å². The molecule has 1 atom stereocenters. The summed E-state index contributed by atoms with van der Waals surface area (Å²) >= 11 is 0. The molecule has 0 radical (unpaired) electrons. The maximum absolute atomic E-state index is 11.2. The summed E-state index contributed by atoms with van der Waals surface area (Å²) in [6, 6.07) is 6.95. The quantitative estimate of drug-likeness (QED) is 0.743. The predicted molar refractivity (Wildman–Crippen MR) is 72.4 cm³/mol. The zero-order chi connectivity index (χ0) is 14.8. The molecule has 7 nitrogen and oxygen atoms in total. The lowest BCUT2D eigenvalue weighted by Gasteiger charge is -2.18. The second-order valence-corrected chi connectivity index (χ2v) is 4.57. The van der Waals surface area contributed by atoms with E-state index in [1.54, 1.807) is 24.3 Å². The second-order valence-electron chi connectivity index (χ2n) is 4.57. The van der Waals surface area contributed by atoms with Crippen LogP contribution < -0.4 is 11.1 Å². The average Bonchev–Trinajstić information content (AvgIpc) is 2.84. The first-order chi connectivity index (χ1) is 9.47. The van der Waals surface area contributed by atoms with Crippen molar-refractivity contribution in [3.05, 3.63) is 29.8 Å². The monoisotopic (exact) mass is 277 g/mol. The Morgan fingerprint density at radius 1 is 1.55 bits per heavy atom. The van der Waals surface area contributed by atoms with Gasteiger partial charge in [-0.25, -0.2) is 4.79 Å². The maximum atomic E-state index is 11.2. The molecule has 0 aliphatic carbocycles. The Morgan fingerprint density at radius 2 is 2.30 bits per heavy atom. The van der Waals surface area contributed by atoms with Crippen LogP contribution in [-0.4, -0.2) is 34.8 Å². The van der Waals surface area contributed by atoms with Gasteiger partial charge in [0, 0.05) is 31.1 Å². The third-order valence-corrected chi connectivity index (χ3v) is 3.02. The molecule has 1 aliphatic rings. The largest absolute Gasteiger partial charge is 0.478 e. The van der Waals surface area contributed by atoms with Gasteiger partial charge >= 0.3 is 5.97 Å². The molecule has 20 heavy (non-hydrogen) atoms. The molecule has 106 valence electrons. The summed E-state index contributed by atoms with van der Waals surface area (Å²) in [5.74, 6) is -1.33. The first-order valence-electron chi connectivity index (χ1n) is 6.03. The number of nitrogens with one attached hydrogen (secondary N) is 1. The molecule has 0 saturated heterocycles. The van der Waals surface area contributed by atoms with Crippen LogP contribution in [-0.2, 0) is 14.4 Å². The summed E-state index contributed by atoms with van der Waals surface area (Å²) in [5, 5.41) is 15.6. The van der Waals surface area contributed by atoms with Gasteiger partial charge in [-0.05, 0) is 12.1 Å². The number of hydrogen-bond donors (Lipinski definition) is 3. The van der Waals surface area contributed by atoms with Gasteiger partial charge in [-0.3, -0.25) is 4.79 Å². The Balaban J connectivity index is 2.22. The molecule has 0 fully saturated rings. The highest BCUT2D eigenvalue weighted by molar-refractivity contribution is 6.05. The molecule has 0 spiro atoms. The molecule has 0 saturated carbocycles. The second kappa shape index (κ2) is 5.30. The molecule has 4 N–H and O–H groups in total. The van der Waals surface area contributed by atoms with Crippen LogP contribution in [0.1, 0.15) is 18.9 Å². The molecule has 1 aliphatic heterocycles. The lowest BCUT2D eigenvalue weighted by atomic mass is 9.94. The van der Waals surface area contributed by atoms with E-state index in [-0.39, 0.29) is 18.9 Å². The van der Waals surface area contributed by atoms with Gasteiger partial charge < -0.3 is 21.0 Å². The van der Waals surface area contributed by atoms with E-state index in [9.17, 15) is 9.59 Å². The molecule has 1 aromatic rings. The van der Waals surface area contributed by atoms with Crippen LogP contribution >= 0.6 is 0 Å². The molecule has 1 heterocycles. The molecule has 0 bridgehead atoms. The van der Waals surface area contributed by atoms with E-state index in [2.05, 4.69) is 10.5 Å². The molecule has 7 heteroatoms. The van der Waals surface area contributed by atoms with Crippen molar-refractivity contribution >= 4 is 23.3 Å². The minimum absolute atomic E-state index is 0.0857. The van der Waals surface area contributed by atoms with Crippen LogP contribution in [0.4, 0.5) is 5.69 Å². The Morgan fingerprint density at radius 3 is 2.85 bits per heavy atom. The van der Waals surface area contributed by atoms with E-state index in [1.165, 1.54) is 6.92 Å². The number of benzene rings is 1. The van der Waals surface area contributed by atoms with Gasteiger partial charge in [0.15, 0.2) is 0 Å². The maximum Gasteiger partial charge on any atom is 0.352 e. The van der Waals surface area contributed by atoms with E-state index in [4.69, 9.17) is 15.7 Å². The topological polar surface area (TPSA) is 114 Å². The van der Waals surface area contributed by atoms with Crippen molar-refractivity contribution in [1.29, 1.82) is 0 Å². The predicted octanol–water partition coefficient (Wildman–Crippen LogP) is 0.551. The number of anilines is 1. The zero-order valence-electron chi connectivity index (χ0n) is 10.9. The fraction of sp³-hybridized carbons (Fsp3) is 0.308. The van der Waals surface area contributed by atoms with Crippen LogP contribution in [0.15, 0.2) is 29.4 Å². The third-order valence-electron chi connectivity index (χ3n) is 3.02. The fourth-order valence-electron chi connectivity index (χ4n) is 1.92. The first-order valence-corrected chi connectivity index (χ1v) is 6.03. The summed E-state index contributed by atoms with van der Waals surface area (Å²) in [5.41, 5.74) is 5.76. The SMILES string of the molecule is CC(=O)Nc1cccc(C2=NOC(CN)(C(=O)O)C2)c1. The molecular weight excluding hydrogens is 262 g/mol. The Labute approximate surface area is 115 Å². The molecule has 2 rings (SSSR count). The number of carboxylic acids is 1. The van der Waals surface area contributed by atoms with Gasteiger partial charge in [-0.15, -0.1) is 0 Å². The summed E-state index contributed by atoms with van der Waals surface area (Å²) in [6.45, 7) is 1.24. The van der Waals surface area contributed by atoms with Crippen molar-refractivity contribution in [2.45, 2.75) is 18.9 Å². The van der Waals surface area contributed by atoms with Crippen LogP contribution in [0, 0.1) is 0 Å². The van der Waals surface area contributed by atoms with Crippen molar-refractivity contribution < 1.29 is 19.5 Å². The lowest BCUT2D eigenvalue weighted by molar-refractivity contribution is -0.161. The lowest BCUT2D eigenvalue weighted by Crippen LogP contribution is -2.45. The molecular formula is C13H15N3O4. The van der Waals surface area contributed by atoms with Gasteiger partial charge in [0.05, 0.1) is 5.71 Å². The number of rotatable bonds is 4. The van der Waals surface area contributed by atoms with Crippen LogP contribution in [0.3, 0.4) is 0 Å². The Hall–Kier alpha value is -2.41. The molecule has 1 aromatic carbocycles. The molecule has 1 amide bonds. The number of aliphatic carboxylic acids is 1. The van der Waals surface area contributed by atoms with E-state index in [1.807, 2.05) is 0 Å². The van der Waals surface area contributed by atoms with Crippen molar-refractivity contribution in [1.82, 2.24) is 0 Å². The zero-order valence-corrected chi connectivity index (χ0v) is 10.9. The van der Waals surface area contributed by atoms with Gasteiger partial charge in [-0.2, -0.15) is 0 Å². The van der Waals surface area contributed by atoms with E-state index in [0.717, 1.165) is 0 Å². The number of oxime groups is 1. The van der Waals surface area contributed by atoms with Crippen LogP contribution in [0.2, 0.25) is 0 Å². The molecule has 1 unspecified atom stereocenters. The first kappa shape index (κ1) is 14.0. The number of carbonyl (C=O) groups excluding carboxylic acids is 1. The number of carboxylic acid groups (broad SMARTS) is 1. The standard InChI is InChI=1S/C13H15N3O4/c1-8(17)15-10-4-2-3-9(5-10)11-6-13(7-14,12(18)19)20-16-11/h2-5H,6-7,14H2,1H3,(H,15,17)(H,18,19). The number of nitrogens with two attached hydrogens (primary N) is 1. The normalized spacial score (nSPS) is 21.0. The van der Waals surface area contributed by atoms with Crippen LogP contribution in [0.25, 0.3) is 0 Å².